The van der Waals surface area contributed by atoms with E-state index < -0.39 is 0 Å². The Morgan fingerprint density at radius 1 is 1.20 bits per heavy atom. The maximum Gasteiger partial charge on any atom is 0.270 e. The van der Waals surface area contributed by atoms with Crippen LogP contribution in [0.25, 0.3) is 0 Å². The molecule has 0 spiro atoms. The lowest BCUT2D eigenvalue weighted by atomic mass is 10.2. The lowest BCUT2D eigenvalue weighted by Gasteiger charge is -2.07. The van der Waals surface area contributed by atoms with Gasteiger partial charge >= 0.3 is 0 Å². The second-order valence-electron chi connectivity index (χ2n) is 4.38. The van der Waals surface area contributed by atoms with Crippen LogP contribution >= 0.6 is 0 Å². The van der Waals surface area contributed by atoms with Crippen molar-refractivity contribution in [2.45, 2.75) is 19.9 Å². The van der Waals surface area contributed by atoms with Gasteiger partial charge in [-0.05, 0) is 12.0 Å². The summed E-state index contributed by atoms with van der Waals surface area (Å²) in [4.78, 5) is 20.1. The van der Waals surface area contributed by atoms with Gasteiger partial charge in [-0.25, -0.2) is 9.97 Å². The molecule has 0 unspecified atom stereocenters. The first-order chi connectivity index (χ1) is 9.79. The fraction of sp³-hybridized carbons (Fsp3) is 0.267. The molecule has 5 heteroatoms. The van der Waals surface area contributed by atoms with Crippen molar-refractivity contribution in [2.75, 3.05) is 11.9 Å². The van der Waals surface area contributed by atoms with Crippen molar-refractivity contribution >= 4 is 11.7 Å². The third-order valence-electron chi connectivity index (χ3n) is 2.75. The molecular formula is C15H18N4O. The maximum absolute atomic E-state index is 12.0. The fourth-order valence-corrected chi connectivity index (χ4v) is 1.70. The van der Waals surface area contributed by atoms with Crippen LogP contribution in [0, 0.1) is 0 Å². The van der Waals surface area contributed by atoms with E-state index in [1.807, 2.05) is 30.3 Å². The number of aromatic nitrogens is 2. The Labute approximate surface area is 118 Å². The first-order valence-electron chi connectivity index (χ1n) is 6.67. The van der Waals surface area contributed by atoms with Gasteiger partial charge in [0.25, 0.3) is 5.91 Å². The number of carbonyl (C=O) groups is 1. The minimum absolute atomic E-state index is 0.198. The topological polar surface area (TPSA) is 66.9 Å². The number of anilines is 1. The molecule has 2 aromatic rings. The molecule has 0 radical (unpaired) electrons. The van der Waals surface area contributed by atoms with Gasteiger partial charge in [-0.2, -0.15) is 0 Å². The van der Waals surface area contributed by atoms with Crippen LogP contribution in [-0.2, 0) is 6.54 Å². The predicted molar refractivity (Wildman–Crippen MR) is 78.4 cm³/mol. The van der Waals surface area contributed by atoms with E-state index in [2.05, 4.69) is 27.5 Å². The van der Waals surface area contributed by atoms with Gasteiger partial charge in [-0.3, -0.25) is 4.79 Å². The number of hydrogen-bond donors (Lipinski definition) is 2. The number of carbonyl (C=O) groups excluding carboxylic acids is 1. The molecule has 0 saturated carbocycles. The molecule has 2 N–H and O–H groups in total. The van der Waals surface area contributed by atoms with E-state index in [9.17, 15) is 4.79 Å². The molecule has 0 fully saturated rings. The number of hydrogen-bond acceptors (Lipinski definition) is 4. The lowest BCUT2D eigenvalue weighted by Crippen LogP contribution is -2.24. The van der Waals surface area contributed by atoms with E-state index in [4.69, 9.17) is 0 Å². The highest BCUT2D eigenvalue weighted by Gasteiger charge is 2.08. The summed E-state index contributed by atoms with van der Waals surface area (Å²) in [5.41, 5.74) is 1.42. The molecule has 1 amide bonds. The smallest absolute Gasteiger partial charge is 0.270 e. The third-order valence-corrected chi connectivity index (χ3v) is 2.75. The van der Waals surface area contributed by atoms with Crippen molar-refractivity contribution < 1.29 is 4.79 Å². The summed E-state index contributed by atoms with van der Waals surface area (Å²) in [5, 5.41) is 5.97. The van der Waals surface area contributed by atoms with Gasteiger partial charge in [0.1, 0.15) is 17.8 Å². The Morgan fingerprint density at radius 2 is 2.00 bits per heavy atom. The van der Waals surface area contributed by atoms with Crippen molar-refractivity contribution in [3.63, 3.8) is 0 Å². The first-order valence-corrected chi connectivity index (χ1v) is 6.67. The molecule has 0 aliphatic rings. The highest BCUT2D eigenvalue weighted by Crippen LogP contribution is 2.04. The summed E-state index contributed by atoms with van der Waals surface area (Å²) >= 11 is 0. The maximum atomic E-state index is 12.0. The molecule has 0 atom stereocenters. The van der Waals surface area contributed by atoms with E-state index in [-0.39, 0.29) is 5.91 Å². The lowest BCUT2D eigenvalue weighted by molar-refractivity contribution is 0.0946. The highest BCUT2D eigenvalue weighted by atomic mass is 16.1. The van der Waals surface area contributed by atoms with Crippen LogP contribution in [0.3, 0.4) is 0 Å². The van der Waals surface area contributed by atoms with Crippen molar-refractivity contribution in [3.8, 4) is 0 Å². The number of nitrogens with zero attached hydrogens (tertiary/aromatic N) is 2. The van der Waals surface area contributed by atoms with Crippen LogP contribution in [0.1, 0.15) is 29.4 Å². The van der Waals surface area contributed by atoms with Crippen LogP contribution in [0.4, 0.5) is 5.82 Å². The SMILES string of the molecule is CCCNc1cc(C(=O)NCc2ccccc2)ncn1. The minimum Gasteiger partial charge on any atom is -0.370 e. The molecule has 0 aliphatic carbocycles. The summed E-state index contributed by atoms with van der Waals surface area (Å²) in [6.45, 7) is 3.38. The predicted octanol–water partition coefficient (Wildman–Crippen LogP) is 2.23. The Hall–Kier alpha value is -2.43. The molecule has 1 heterocycles. The summed E-state index contributed by atoms with van der Waals surface area (Å²) < 4.78 is 0. The Morgan fingerprint density at radius 3 is 2.75 bits per heavy atom. The van der Waals surface area contributed by atoms with Gasteiger partial charge in [0.2, 0.25) is 0 Å². The number of benzene rings is 1. The summed E-state index contributed by atoms with van der Waals surface area (Å²) in [6.07, 6.45) is 2.40. The molecule has 1 aromatic carbocycles. The van der Waals surface area contributed by atoms with Crippen LogP contribution in [0.2, 0.25) is 0 Å². The zero-order valence-corrected chi connectivity index (χ0v) is 11.5. The van der Waals surface area contributed by atoms with Crippen molar-refractivity contribution in [2.24, 2.45) is 0 Å². The number of amides is 1. The number of nitrogens with one attached hydrogen (secondary N) is 2. The van der Waals surface area contributed by atoms with E-state index in [0.717, 1.165) is 18.5 Å². The van der Waals surface area contributed by atoms with Gasteiger partial charge in [-0.15, -0.1) is 0 Å². The van der Waals surface area contributed by atoms with Crippen LogP contribution < -0.4 is 10.6 Å². The molecule has 0 saturated heterocycles. The molecule has 20 heavy (non-hydrogen) atoms. The first kappa shape index (κ1) is 14.0. The quantitative estimate of drug-likeness (QED) is 0.844. The zero-order valence-electron chi connectivity index (χ0n) is 11.5. The zero-order chi connectivity index (χ0) is 14.2. The van der Waals surface area contributed by atoms with Crippen molar-refractivity contribution in [1.29, 1.82) is 0 Å². The summed E-state index contributed by atoms with van der Waals surface area (Å²) in [5.74, 6) is 0.475. The molecule has 0 aliphatic heterocycles. The fourth-order valence-electron chi connectivity index (χ4n) is 1.70. The van der Waals surface area contributed by atoms with Gasteiger partial charge in [0.15, 0.2) is 0 Å². The van der Waals surface area contributed by atoms with Crippen LogP contribution in [-0.4, -0.2) is 22.4 Å². The summed E-state index contributed by atoms with van der Waals surface area (Å²) in [7, 11) is 0. The number of rotatable bonds is 6. The van der Waals surface area contributed by atoms with Crippen LogP contribution in [0.15, 0.2) is 42.7 Å². The molecule has 5 nitrogen and oxygen atoms in total. The molecule has 0 bridgehead atoms. The largest absolute Gasteiger partial charge is 0.370 e. The standard InChI is InChI=1S/C15H18N4O/c1-2-8-16-14-9-13(18-11-19-14)15(20)17-10-12-6-4-3-5-7-12/h3-7,9,11H,2,8,10H2,1H3,(H,17,20)(H,16,18,19). The van der Waals surface area contributed by atoms with Gasteiger partial charge in [-0.1, -0.05) is 37.3 Å². The second-order valence-corrected chi connectivity index (χ2v) is 4.38. The van der Waals surface area contributed by atoms with E-state index >= 15 is 0 Å². The van der Waals surface area contributed by atoms with Crippen LogP contribution in [0.5, 0.6) is 0 Å². The van der Waals surface area contributed by atoms with E-state index in [1.165, 1.54) is 6.33 Å². The molecule has 2 rings (SSSR count). The molecular weight excluding hydrogens is 252 g/mol. The van der Waals surface area contributed by atoms with E-state index in [0.29, 0.717) is 18.1 Å². The van der Waals surface area contributed by atoms with E-state index in [1.54, 1.807) is 6.07 Å². The minimum atomic E-state index is -0.198. The van der Waals surface area contributed by atoms with Gasteiger partial charge in [0, 0.05) is 19.2 Å². The normalized spacial score (nSPS) is 10.1. The molecule has 1 aromatic heterocycles. The average molecular weight is 270 g/mol. The van der Waals surface area contributed by atoms with Crippen molar-refractivity contribution in [3.05, 3.63) is 54.0 Å². The van der Waals surface area contributed by atoms with Crippen molar-refractivity contribution in [1.82, 2.24) is 15.3 Å². The Balaban J connectivity index is 1.95. The Kier molecular flexibility index (Phi) is 5.06. The monoisotopic (exact) mass is 270 g/mol. The highest BCUT2D eigenvalue weighted by molar-refractivity contribution is 5.92. The summed E-state index contributed by atoms with van der Waals surface area (Å²) in [6, 6.07) is 11.4. The average Bonchev–Trinajstić information content (AvgIpc) is 2.52. The van der Waals surface area contributed by atoms with Gasteiger partial charge in [0.05, 0.1) is 0 Å². The second kappa shape index (κ2) is 7.23. The third kappa shape index (κ3) is 4.05. The van der Waals surface area contributed by atoms with Gasteiger partial charge < -0.3 is 10.6 Å². The Bertz CT molecular complexity index is 557. The molecule has 104 valence electrons.